The zero-order valence-electron chi connectivity index (χ0n) is 7.42. The van der Waals surface area contributed by atoms with Crippen molar-refractivity contribution >= 4 is 5.97 Å². The van der Waals surface area contributed by atoms with E-state index in [0.717, 1.165) is 5.56 Å². The molecule has 0 bridgehead atoms. The lowest BCUT2D eigenvalue weighted by atomic mass is 10.2. The van der Waals surface area contributed by atoms with Gasteiger partial charge < -0.3 is 14.8 Å². The van der Waals surface area contributed by atoms with E-state index in [0.29, 0.717) is 5.56 Å². The lowest BCUT2D eigenvalue weighted by Crippen LogP contribution is -1.94. The largest absolute Gasteiger partial charge is 0.478 e. The van der Waals surface area contributed by atoms with Gasteiger partial charge in [-0.3, -0.25) is 0 Å². The lowest BCUT2D eigenvalue weighted by Gasteiger charge is -1.86. The summed E-state index contributed by atoms with van der Waals surface area (Å²) in [5.41, 5.74) is 1.11. The monoisotopic (exact) mass is 171 g/mol. The summed E-state index contributed by atoms with van der Waals surface area (Å²) in [6.45, 7) is 1.75. The number of H-pyrrole nitrogens is 1. The Bertz CT molecular complexity index is 242. The number of aromatic nitrogens is 1. The Hall–Kier alpha value is -1.29. The van der Waals surface area contributed by atoms with Gasteiger partial charge in [-0.25, -0.2) is 4.79 Å². The van der Waals surface area contributed by atoms with Crippen LogP contribution < -0.4 is 0 Å². The molecule has 4 nitrogen and oxygen atoms in total. The third kappa shape index (κ3) is 3.21. The third-order valence-electron chi connectivity index (χ3n) is 1.18. The first kappa shape index (κ1) is 10.7. The van der Waals surface area contributed by atoms with Crippen LogP contribution in [0.5, 0.6) is 0 Å². The molecule has 0 aliphatic rings. The number of ether oxygens (including phenoxy) is 1. The molecule has 0 aliphatic carbocycles. The lowest BCUT2D eigenvalue weighted by molar-refractivity contribution is 0.0696. The molecule has 4 heteroatoms. The Morgan fingerprint density at radius 2 is 2.00 bits per heavy atom. The number of aryl methyl sites for hydroxylation is 1. The molecule has 0 fully saturated rings. The predicted octanol–water partition coefficient (Wildman–Crippen LogP) is 1.28. The summed E-state index contributed by atoms with van der Waals surface area (Å²) in [5, 5.41) is 8.43. The summed E-state index contributed by atoms with van der Waals surface area (Å²) in [5.74, 6) is -0.881. The molecule has 0 amide bonds. The molecule has 0 atom stereocenters. The number of aromatic amines is 1. The summed E-state index contributed by atoms with van der Waals surface area (Å²) in [7, 11) is 3.25. The average Bonchev–Trinajstić information content (AvgIpc) is 2.36. The second kappa shape index (κ2) is 5.37. The number of carboxylic acid groups (broad SMARTS) is 1. The molecule has 1 heterocycles. The third-order valence-corrected chi connectivity index (χ3v) is 1.18. The van der Waals surface area contributed by atoms with Gasteiger partial charge in [-0.05, 0) is 12.5 Å². The molecule has 0 aliphatic heterocycles. The minimum atomic E-state index is -0.881. The van der Waals surface area contributed by atoms with Gasteiger partial charge in [-0.2, -0.15) is 0 Å². The van der Waals surface area contributed by atoms with Crippen LogP contribution in [0.3, 0.4) is 0 Å². The first-order valence-corrected chi connectivity index (χ1v) is 3.40. The zero-order chi connectivity index (χ0) is 9.56. The normalized spacial score (nSPS) is 8.58. The predicted molar refractivity (Wildman–Crippen MR) is 45.4 cm³/mol. The summed E-state index contributed by atoms with van der Waals surface area (Å²) in [6.07, 6.45) is 3.13. The van der Waals surface area contributed by atoms with Crippen LogP contribution >= 0.6 is 0 Å². The molecule has 0 radical (unpaired) electrons. The fourth-order valence-electron chi connectivity index (χ4n) is 0.672. The van der Waals surface area contributed by atoms with Crippen molar-refractivity contribution in [1.82, 2.24) is 4.98 Å². The molecule has 1 rings (SSSR count). The van der Waals surface area contributed by atoms with Crippen molar-refractivity contribution in [1.29, 1.82) is 0 Å². The molecule has 0 unspecified atom stereocenters. The van der Waals surface area contributed by atoms with Gasteiger partial charge in [-0.1, -0.05) is 0 Å². The number of hydrogen-bond donors (Lipinski definition) is 2. The van der Waals surface area contributed by atoms with Crippen molar-refractivity contribution in [3.8, 4) is 0 Å². The van der Waals surface area contributed by atoms with Crippen LogP contribution in [0.2, 0.25) is 0 Å². The van der Waals surface area contributed by atoms with Gasteiger partial charge in [0.05, 0.1) is 5.56 Å². The van der Waals surface area contributed by atoms with E-state index >= 15 is 0 Å². The number of methoxy groups -OCH3 is 1. The number of carboxylic acids is 1. The summed E-state index contributed by atoms with van der Waals surface area (Å²) in [4.78, 5) is 13.0. The second-order valence-corrected chi connectivity index (χ2v) is 2.27. The van der Waals surface area contributed by atoms with Crippen LogP contribution in [0.1, 0.15) is 15.9 Å². The van der Waals surface area contributed by atoms with Gasteiger partial charge in [-0.15, -0.1) is 0 Å². The Morgan fingerprint density at radius 1 is 1.50 bits per heavy atom. The fraction of sp³-hybridized carbons (Fsp3) is 0.375. The minimum absolute atomic E-state index is 0.343. The summed E-state index contributed by atoms with van der Waals surface area (Å²) < 4.78 is 4.25. The standard InChI is InChI=1S/C6H7NO2.C2H6O/c1-4-2-7-3-5(4)6(8)9;1-3-2/h2-3,7H,1H3,(H,8,9);1-2H3. The number of rotatable bonds is 1. The molecule has 1 aromatic rings. The highest BCUT2D eigenvalue weighted by atomic mass is 16.4. The maximum atomic E-state index is 10.3. The van der Waals surface area contributed by atoms with Crippen LogP contribution in [0.15, 0.2) is 12.4 Å². The molecule has 0 saturated heterocycles. The van der Waals surface area contributed by atoms with Gasteiger partial charge in [0.1, 0.15) is 0 Å². The van der Waals surface area contributed by atoms with Gasteiger partial charge in [0, 0.05) is 26.6 Å². The Labute approximate surface area is 71.2 Å². The first-order chi connectivity index (χ1) is 5.63. The first-order valence-electron chi connectivity index (χ1n) is 3.40. The Balaban J connectivity index is 0.000000354. The van der Waals surface area contributed by atoms with Crippen LogP contribution in [0.4, 0.5) is 0 Å². The second-order valence-electron chi connectivity index (χ2n) is 2.27. The Morgan fingerprint density at radius 3 is 2.17 bits per heavy atom. The van der Waals surface area contributed by atoms with Crippen LogP contribution in [0, 0.1) is 6.92 Å². The van der Waals surface area contributed by atoms with Gasteiger partial charge in [0.2, 0.25) is 0 Å². The number of carbonyl (C=O) groups is 1. The van der Waals surface area contributed by atoms with Crippen molar-refractivity contribution in [2.75, 3.05) is 14.2 Å². The highest BCUT2D eigenvalue weighted by Crippen LogP contribution is 2.03. The summed E-state index contributed by atoms with van der Waals surface area (Å²) in [6, 6.07) is 0. The van der Waals surface area contributed by atoms with E-state index in [1.165, 1.54) is 6.20 Å². The maximum absolute atomic E-state index is 10.3. The molecular formula is C8H13NO3. The molecule has 0 spiro atoms. The van der Waals surface area contributed by atoms with E-state index < -0.39 is 5.97 Å². The van der Waals surface area contributed by atoms with E-state index in [1.807, 2.05) is 0 Å². The average molecular weight is 171 g/mol. The molecule has 2 N–H and O–H groups in total. The van der Waals surface area contributed by atoms with E-state index in [2.05, 4.69) is 9.72 Å². The van der Waals surface area contributed by atoms with Crippen molar-refractivity contribution in [3.05, 3.63) is 23.5 Å². The van der Waals surface area contributed by atoms with Crippen molar-refractivity contribution in [2.45, 2.75) is 6.92 Å². The van der Waals surface area contributed by atoms with E-state index in [1.54, 1.807) is 27.3 Å². The van der Waals surface area contributed by atoms with Crippen molar-refractivity contribution < 1.29 is 14.6 Å². The number of nitrogens with one attached hydrogen (secondary N) is 1. The van der Waals surface area contributed by atoms with Crippen LogP contribution in [0.25, 0.3) is 0 Å². The fourth-order valence-corrected chi connectivity index (χ4v) is 0.672. The maximum Gasteiger partial charge on any atom is 0.337 e. The van der Waals surface area contributed by atoms with Gasteiger partial charge in [0.25, 0.3) is 0 Å². The van der Waals surface area contributed by atoms with Crippen LogP contribution in [-0.4, -0.2) is 30.3 Å². The molecule has 68 valence electrons. The van der Waals surface area contributed by atoms with Crippen LogP contribution in [-0.2, 0) is 4.74 Å². The number of aromatic carboxylic acids is 1. The molecule has 1 aromatic heterocycles. The minimum Gasteiger partial charge on any atom is -0.478 e. The Kier molecular flexibility index (Phi) is 4.79. The van der Waals surface area contributed by atoms with E-state index in [4.69, 9.17) is 5.11 Å². The smallest absolute Gasteiger partial charge is 0.337 e. The summed E-state index contributed by atoms with van der Waals surface area (Å²) >= 11 is 0. The quantitative estimate of drug-likeness (QED) is 0.669. The number of hydrogen-bond acceptors (Lipinski definition) is 2. The topological polar surface area (TPSA) is 62.3 Å². The molecule has 12 heavy (non-hydrogen) atoms. The highest BCUT2D eigenvalue weighted by Gasteiger charge is 2.04. The van der Waals surface area contributed by atoms with Gasteiger partial charge >= 0.3 is 5.97 Å². The SMILES string of the molecule is COC.Cc1c[nH]cc1C(=O)O. The molecule has 0 aromatic carbocycles. The van der Waals surface area contributed by atoms with Gasteiger partial charge in [0.15, 0.2) is 0 Å². The highest BCUT2D eigenvalue weighted by molar-refractivity contribution is 5.88. The molecule has 0 saturated carbocycles. The molecular weight excluding hydrogens is 158 g/mol. The van der Waals surface area contributed by atoms with Crippen molar-refractivity contribution in [3.63, 3.8) is 0 Å². The zero-order valence-corrected chi connectivity index (χ0v) is 7.42. The van der Waals surface area contributed by atoms with E-state index in [9.17, 15) is 4.79 Å². The van der Waals surface area contributed by atoms with Crippen molar-refractivity contribution in [2.24, 2.45) is 0 Å². The van der Waals surface area contributed by atoms with E-state index in [-0.39, 0.29) is 0 Å².